The molecule has 0 radical (unpaired) electrons. The third-order valence-electron chi connectivity index (χ3n) is 2.92. The Morgan fingerprint density at radius 2 is 1.79 bits per heavy atom. The zero-order chi connectivity index (χ0) is 14.8. The number of carbonyl (C=O) groups excluding carboxylic acids is 1. The zero-order valence-electron chi connectivity index (χ0n) is 11.4. The summed E-state index contributed by atoms with van der Waals surface area (Å²) < 4.78 is 4.94. The largest absolute Gasteiger partial charge is 0.394 e. The fourth-order valence-corrected chi connectivity index (χ4v) is 1.97. The average molecular weight is 277 g/mol. The van der Waals surface area contributed by atoms with Gasteiger partial charge in [0, 0.05) is 6.42 Å². The lowest BCUT2D eigenvalue weighted by Crippen LogP contribution is -2.64. The molecule has 112 valence electrons. The van der Waals surface area contributed by atoms with Crippen molar-refractivity contribution >= 4 is 5.91 Å². The molecule has 5 unspecified atom stereocenters. The SMILES string of the molecule is CC(C)(C)CC(=O)NC1C(O)OC(CO)C(O)C1O. The fourth-order valence-electron chi connectivity index (χ4n) is 1.97. The van der Waals surface area contributed by atoms with E-state index in [1.54, 1.807) is 0 Å². The lowest BCUT2D eigenvalue weighted by atomic mass is 9.91. The van der Waals surface area contributed by atoms with Crippen LogP contribution in [0.15, 0.2) is 0 Å². The van der Waals surface area contributed by atoms with Gasteiger partial charge < -0.3 is 30.5 Å². The summed E-state index contributed by atoms with van der Waals surface area (Å²) in [5.74, 6) is -0.353. The number of aliphatic hydroxyl groups excluding tert-OH is 4. The summed E-state index contributed by atoms with van der Waals surface area (Å²) in [7, 11) is 0. The monoisotopic (exact) mass is 277 g/mol. The number of amides is 1. The number of rotatable bonds is 3. The van der Waals surface area contributed by atoms with Crippen molar-refractivity contribution < 1.29 is 30.0 Å². The molecule has 0 saturated carbocycles. The van der Waals surface area contributed by atoms with E-state index in [0.717, 1.165) is 0 Å². The van der Waals surface area contributed by atoms with Crippen LogP contribution in [0.3, 0.4) is 0 Å². The first kappa shape index (κ1) is 16.3. The first-order valence-corrected chi connectivity index (χ1v) is 6.25. The minimum absolute atomic E-state index is 0.211. The molecule has 0 aliphatic carbocycles. The van der Waals surface area contributed by atoms with E-state index in [1.807, 2.05) is 20.8 Å². The van der Waals surface area contributed by atoms with Crippen molar-refractivity contribution in [1.29, 1.82) is 0 Å². The first-order valence-electron chi connectivity index (χ1n) is 6.25. The summed E-state index contributed by atoms with van der Waals surface area (Å²) in [6, 6.07) is -1.12. The highest BCUT2D eigenvalue weighted by Gasteiger charge is 2.44. The van der Waals surface area contributed by atoms with Crippen LogP contribution >= 0.6 is 0 Å². The first-order chi connectivity index (χ1) is 8.65. The number of ether oxygens (including phenoxy) is 1. The summed E-state index contributed by atoms with van der Waals surface area (Å²) in [5.41, 5.74) is -0.234. The van der Waals surface area contributed by atoms with Crippen molar-refractivity contribution in [2.75, 3.05) is 6.61 Å². The van der Waals surface area contributed by atoms with E-state index in [-0.39, 0.29) is 17.7 Å². The van der Waals surface area contributed by atoms with Crippen LogP contribution < -0.4 is 5.32 Å². The highest BCUT2D eigenvalue weighted by atomic mass is 16.6. The van der Waals surface area contributed by atoms with Gasteiger partial charge in [0.05, 0.1) is 6.61 Å². The molecule has 1 fully saturated rings. The third-order valence-corrected chi connectivity index (χ3v) is 2.92. The van der Waals surface area contributed by atoms with Gasteiger partial charge in [-0.05, 0) is 5.41 Å². The molecule has 0 spiro atoms. The summed E-state index contributed by atoms with van der Waals surface area (Å²) >= 11 is 0. The van der Waals surface area contributed by atoms with E-state index < -0.39 is 37.3 Å². The van der Waals surface area contributed by atoms with E-state index in [0.29, 0.717) is 0 Å². The Labute approximate surface area is 112 Å². The van der Waals surface area contributed by atoms with Gasteiger partial charge in [-0.25, -0.2) is 0 Å². The number of nitrogens with one attached hydrogen (secondary N) is 1. The average Bonchev–Trinajstić information content (AvgIpc) is 2.27. The Morgan fingerprint density at radius 3 is 2.26 bits per heavy atom. The van der Waals surface area contributed by atoms with E-state index in [1.165, 1.54) is 0 Å². The number of hydrogen-bond acceptors (Lipinski definition) is 6. The van der Waals surface area contributed by atoms with Crippen molar-refractivity contribution in [2.45, 2.75) is 57.8 Å². The summed E-state index contributed by atoms with van der Waals surface area (Å²) in [4.78, 5) is 11.8. The lowest BCUT2D eigenvalue weighted by molar-refractivity contribution is -0.254. The van der Waals surface area contributed by atoms with E-state index in [2.05, 4.69) is 5.32 Å². The second-order valence-electron chi connectivity index (χ2n) is 6.06. The maximum absolute atomic E-state index is 11.8. The summed E-state index contributed by atoms with van der Waals surface area (Å²) in [6.45, 7) is 5.12. The highest BCUT2D eigenvalue weighted by Crippen LogP contribution is 2.22. The van der Waals surface area contributed by atoms with Crippen LogP contribution in [0.25, 0.3) is 0 Å². The maximum Gasteiger partial charge on any atom is 0.221 e. The van der Waals surface area contributed by atoms with Gasteiger partial charge >= 0.3 is 0 Å². The Morgan fingerprint density at radius 1 is 1.21 bits per heavy atom. The Balaban J connectivity index is 2.65. The summed E-state index contributed by atoms with van der Waals surface area (Å²) in [6.07, 6.45) is -5.10. The molecule has 1 saturated heterocycles. The van der Waals surface area contributed by atoms with Gasteiger partial charge in [0.15, 0.2) is 6.29 Å². The second-order valence-corrected chi connectivity index (χ2v) is 6.06. The lowest BCUT2D eigenvalue weighted by Gasteiger charge is -2.40. The van der Waals surface area contributed by atoms with Gasteiger partial charge in [-0.1, -0.05) is 20.8 Å². The Hall–Kier alpha value is -0.730. The molecule has 0 aromatic heterocycles. The Kier molecular flexibility index (Phi) is 5.28. The molecule has 1 amide bonds. The third kappa shape index (κ3) is 4.39. The van der Waals surface area contributed by atoms with Crippen LogP contribution in [0.4, 0.5) is 0 Å². The van der Waals surface area contributed by atoms with E-state index in [9.17, 15) is 20.1 Å². The molecular formula is C12H23NO6. The van der Waals surface area contributed by atoms with Crippen LogP contribution in [0.5, 0.6) is 0 Å². The number of hydrogen-bond donors (Lipinski definition) is 5. The molecule has 0 bridgehead atoms. The van der Waals surface area contributed by atoms with Gasteiger partial charge in [-0.3, -0.25) is 4.79 Å². The molecule has 1 aliphatic rings. The molecule has 1 rings (SSSR count). The zero-order valence-corrected chi connectivity index (χ0v) is 11.4. The normalized spacial score (nSPS) is 36.1. The smallest absolute Gasteiger partial charge is 0.221 e. The predicted molar refractivity (Wildman–Crippen MR) is 66.0 cm³/mol. The van der Waals surface area contributed by atoms with Crippen LogP contribution in [0, 0.1) is 5.41 Å². The molecule has 1 heterocycles. The number of aliphatic hydroxyl groups is 4. The molecule has 0 aromatic rings. The summed E-state index contributed by atoms with van der Waals surface area (Å²) in [5, 5.41) is 40.6. The topological polar surface area (TPSA) is 119 Å². The minimum atomic E-state index is -1.47. The maximum atomic E-state index is 11.8. The molecule has 0 aromatic carbocycles. The molecule has 7 heteroatoms. The molecule has 5 atom stereocenters. The highest BCUT2D eigenvalue weighted by molar-refractivity contribution is 5.77. The van der Waals surface area contributed by atoms with Crippen molar-refractivity contribution in [1.82, 2.24) is 5.32 Å². The second kappa shape index (κ2) is 6.15. The number of carbonyl (C=O) groups is 1. The van der Waals surface area contributed by atoms with Gasteiger partial charge in [0.25, 0.3) is 0 Å². The van der Waals surface area contributed by atoms with E-state index >= 15 is 0 Å². The van der Waals surface area contributed by atoms with Crippen LogP contribution in [0.2, 0.25) is 0 Å². The van der Waals surface area contributed by atoms with Gasteiger partial charge in [-0.15, -0.1) is 0 Å². The minimum Gasteiger partial charge on any atom is -0.394 e. The quantitative estimate of drug-likeness (QED) is 0.421. The van der Waals surface area contributed by atoms with Crippen molar-refractivity contribution in [3.8, 4) is 0 Å². The molecular weight excluding hydrogens is 254 g/mol. The standard InChI is InChI=1S/C12H23NO6/c1-12(2,3)4-7(15)13-8-10(17)9(16)6(5-14)19-11(8)18/h6,8-11,14,16-18H,4-5H2,1-3H3,(H,13,15). The van der Waals surface area contributed by atoms with E-state index in [4.69, 9.17) is 9.84 Å². The fraction of sp³-hybridized carbons (Fsp3) is 0.917. The molecule has 5 N–H and O–H groups in total. The van der Waals surface area contributed by atoms with Gasteiger partial charge in [0.1, 0.15) is 24.4 Å². The van der Waals surface area contributed by atoms with Gasteiger partial charge in [-0.2, -0.15) is 0 Å². The molecule has 1 aliphatic heterocycles. The van der Waals surface area contributed by atoms with Crippen molar-refractivity contribution in [2.24, 2.45) is 5.41 Å². The van der Waals surface area contributed by atoms with Crippen molar-refractivity contribution in [3.05, 3.63) is 0 Å². The predicted octanol–water partition coefficient (Wildman–Crippen LogP) is -1.66. The van der Waals surface area contributed by atoms with Crippen LogP contribution in [-0.2, 0) is 9.53 Å². The van der Waals surface area contributed by atoms with Crippen molar-refractivity contribution in [3.63, 3.8) is 0 Å². The molecule has 7 nitrogen and oxygen atoms in total. The van der Waals surface area contributed by atoms with Crippen LogP contribution in [0.1, 0.15) is 27.2 Å². The molecule has 19 heavy (non-hydrogen) atoms. The van der Waals surface area contributed by atoms with Gasteiger partial charge in [0.2, 0.25) is 5.91 Å². The Bertz CT molecular complexity index is 316. The van der Waals surface area contributed by atoms with Crippen LogP contribution in [-0.4, -0.2) is 63.6 Å².